The molecule has 18 heavy (non-hydrogen) atoms. The molecule has 1 saturated carbocycles. The van der Waals surface area contributed by atoms with E-state index >= 15 is 0 Å². The fraction of sp³-hybridized carbons (Fsp3) is 0.857. The monoisotopic (exact) mass is 252 g/mol. The molecule has 1 saturated heterocycles. The van der Waals surface area contributed by atoms with Crippen molar-refractivity contribution >= 4 is 11.8 Å². The maximum Gasteiger partial charge on any atom is 0.225 e. The first-order chi connectivity index (χ1) is 8.37. The molecule has 1 aliphatic heterocycles. The molecule has 0 N–H and O–H groups in total. The van der Waals surface area contributed by atoms with Crippen molar-refractivity contribution in [2.45, 2.75) is 40.0 Å². The Kier molecular flexibility index (Phi) is 3.64. The van der Waals surface area contributed by atoms with Crippen LogP contribution in [0.5, 0.6) is 0 Å². The molecular weight excluding hydrogens is 228 g/mol. The molecule has 0 radical (unpaired) electrons. The second-order valence-corrected chi connectivity index (χ2v) is 6.72. The minimum atomic E-state index is 0.0397. The van der Waals surface area contributed by atoms with Crippen molar-refractivity contribution in [3.8, 4) is 0 Å². The summed E-state index contributed by atoms with van der Waals surface area (Å²) in [5.41, 5.74) is 0.0397. The summed E-state index contributed by atoms with van der Waals surface area (Å²) in [6.45, 7) is 9.07. The zero-order chi connectivity index (χ0) is 13.3. The molecule has 0 aromatic rings. The molecule has 4 nitrogen and oxygen atoms in total. The summed E-state index contributed by atoms with van der Waals surface area (Å²) in [5.74, 6) is 0.820. The molecular formula is C14H24N2O2. The highest BCUT2D eigenvalue weighted by atomic mass is 16.2. The van der Waals surface area contributed by atoms with Crippen molar-refractivity contribution in [3.63, 3.8) is 0 Å². The molecule has 2 rings (SSSR count). The number of hydrogen-bond donors (Lipinski definition) is 0. The van der Waals surface area contributed by atoms with E-state index in [9.17, 15) is 9.59 Å². The summed E-state index contributed by atoms with van der Waals surface area (Å²) in [5, 5.41) is 0. The molecule has 0 aromatic heterocycles. The van der Waals surface area contributed by atoms with Crippen LogP contribution in [0.25, 0.3) is 0 Å². The van der Waals surface area contributed by atoms with Gasteiger partial charge in [-0.05, 0) is 18.3 Å². The number of nitrogens with zero attached hydrogens (tertiary/aromatic N) is 2. The Morgan fingerprint density at radius 2 is 1.50 bits per heavy atom. The van der Waals surface area contributed by atoms with Crippen LogP contribution in [0.2, 0.25) is 0 Å². The Morgan fingerprint density at radius 3 is 1.94 bits per heavy atom. The first kappa shape index (κ1) is 13.4. The Hall–Kier alpha value is -1.06. The lowest BCUT2D eigenvalue weighted by molar-refractivity contribution is -0.141. The third kappa shape index (κ3) is 3.47. The normalized spacial score (nSPS) is 21.1. The molecule has 2 aliphatic rings. The van der Waals surface area contributed by atoms with E-state index in [0.29, 0.717) is 44.4 Å². The maximum atomic E-state index is 12.1. The molecule has 2 fully saturated rings. The van der Waals surface area contributed by atoms with Crippen LogP contribution in [-0.4, -0.2) is 47.8 Å². The summed E-state index contributed by atoms with van der Waals surface area (Å²) in [7, 11) is 0. The van der Waals surface area contributed by atoms with Crippen LogP contribution in [0.1, 0.15) is 40.0 Å². The first-order valence-electron chi connectivity index (χ1n) is 6.93. The van der Waals surface area contributed by atoms with E-state index in [1.807, 2.05) is 9.80 Å². The Balaban J connectivity index is 1.79. The van der Waals surface area contributed by atoms with Gasteiger partial charge in [0.25, 0.3) is 0 Å². The van der Waals surface area contributed by atoms with Crippen LogP contribution in [0.4, 0.5) is 0 Å². The lowest BCUT2D eigenvalue weighted by Crippen LogP contribution is -2.51. The van der Waals surface area contributed by atoms with Gasteiger partial charge in [-0.25, -0.2) is 0 Å². The highest BCUT2D eigenvalue weighted by Gasteiger charge is 2.35. The van der Waals surface area contributed by atoms with Gasteiger partial charge in [-0.1, -0.05) is 20.8 Å². The second kappa shape index (κ2) is 4.90. The van der Waals surface area contributed by atoms with Crippen LogP contribution in [0.3, 0.4) is 0 Å². The van der Waals surface area contributed by atoms with Crippen molar-refractivity contribution in [2.24, 2.45) is 11.3 Å². The number of amides is 2. The molecule has 4 heteroatoms. The minimum Gasteiger partial charge on any atom is -0.339 e. The molecule has 0 aromatic carbocycles. The molecule has 0 spiro atoms. The molecule has 0 atom stereocenters. The minimum absolute atomic E-state index is 0.0397. The smallest absolute Gasteiger partial charge is 0.225 e. The molecule has 1 aliphatic carbocycles. The SMILES string of the molecule is CC(C)(C)CC(=O)N1CCN(C(=O)C2CC2)CC1. The zero-order valence-corrected chi connectivity index (χ0v) is 11.7. The Labute approximate surface area is 109 Å². The van der Waals surface area contributed by atoms with E-state index in [1.165, 1.54) is 0 Å². The quantitative estimate of drug-likeness (QED) is 0.747. The fourth-order valence-electron chi connectivity index (χ4n) is 2.33. The van der Waals surface area contributed by atoms with Gasteiger partial charge >= 0.3 is 0 Å². The highest BCUT2D eigenvalue weighted by molar-refractivity contribution is 5.82. The van der Waals surface area contributed by atoms with Crippen LogP contribution >= 0.6 is 0 Å². The molecule has 1 heterocycles. The van der Waals surface area contributed by atoms with Crippen molar-refractivity contribution in [3.05, 3.63) is 0 Å². The Bertz CT molecular complexity index is 334. The van der Waals surface area contributed by atoms with Crippen LogP contribution in [0.15, 0.2) is 0 Å². The van der Waals surface area contributed by atoms with Gasteiger partial charge < -0.3 is 9.80 Å². The summed E-state index contributed by atoms with van der Waals surface area (Å²) in [6, 6.07) is 0. The maximum absolute atomic E-state index is 12.1. The predicted molar refractivity (Wildman–Crippen MR) is 70.0 cm³/mol. The van der Waals surface area contributed by atoms with Crippen molar-refractivity contribution in [2.75, 3.05) is 26.2 Å². The number of hydrogen-bond acceptors (Lipinski definition) is 2. The van der Waals surface area contributed by atoms with E-state index in [0.717, 1.165) is 12.8 Å². The predicted octanol–water partition coefficient (Wildman–Crippen LogP) is 1.50. The van der Waals surface area contributed by atoms with E-state index in [-0.39, 0.29) is 11.3 Å². The van der Waals surface area contributed by atoms with E-state index < -0.39 is 0 Å². The fourth-order valence-corrected chi connectivity index (χ4v) is 2.33. The zero-order valence-electron chi connectivity index (χ0n) is 11.7. The molecule has 2 amide bonds. The summed E-state index contributed by atoms with van der Waals surface area (Å²) >= 11 is 0. The van der Waals surface area contributed by atoms with Gasteiger partial charge in [0, 0.05) is 38.5 Å². The van der Waals surface area contributed by atoms with Crippen molar-refractivity contribution in [1.29, 1.82) is 0 Å². The lowest BCUT2D eigenvalue weighted by Gasteiger charge is -2.36. The van der Waals surface area contributed by atoms with Crippen LogP contribution in [0, 0.1) is 11.3 Å². The number of rotatable bonds is 2. The van der Waals surface area contributed by atoms with Gasteiger partial charge in [0.1, 0.15) is 0 Å². The third-order valence-electron chi connectivity index (χ3n) is 3.55. The van der Waals surface area contributed by atoms with Crippen molar-refractivity contribution in [1.82, 2.24) is 9.80 Å². The molecule has 0 bridgehead atoms. The summed E-state index contributed by atoms with van der Waals surface area (Å²) in [6.07, 6.45) is 2.70. The van der Waals surface area contributed by atoms with Gasteiger partial charge in [-0.15, -0.1) is 0 Å². The largest absolute Gasteiger partial charge is 0.339 e. The number of carbonyl (C=O) groups excluding carboxylic acids is 2. The van der Waals surface area contributed by atoms with Crippen LogP contribution < -0.4 is 0 Å². The van der Waals surface area contributed by atoms with Crippen LogP contribution in [-0.2, 0) is 9.59 Å². The van der Waals surface area contributed by atoms with Crippen molar-refractivity contribution < 1.29 is 9.59 Å². The van der Waals surface area contributed by atoms with Gasteiger partial charge in [-0.3, -0.25) is 9.59 Å². The van der Waals surface area contributed by atoms with E-state index in [1.54, 1.807) is 0 Å². The van der Waals surface area contributed by atoms with Gasteiger partial charge in [-0.2, -0.15) is 0 Å². The molecule has 102 valence electrons. The van der Waals surface area contributed by atoms with Gasteiger partial charge in [0.2, 0.25) is 11.8 Å². The van der Waals surface area contributed by atoms with E-state index in [2.05, 4.69) is 20.8 Å². The standard InChI is InChI=1S/C14H24N2O2/c1-14(2,3)10-12(17)15-6-8-16(9-7-15)13(18)11-4-5-11/h11H,4-10H2,1-3H3. The summed E-state index contributed by atoms with van der Waals surface area (Å²) < 4.78 is 0. The first-order valence-corrected chi connectivity index (χ1v) is 6.93. The number of carbonyl (C=O) groups is 2. The third-order valence-corrected chi connectivity index (χ3v) is 3.55. The van der Waals surface area contributed by atoms with Gasteiger partial charge in [0.15, 0.2) is 0 Å². The van der Waals surface area contributed by atoms with Gasteiger partial charge in [0.05, 0.1) is 0 Å². The number of piperazine rings is 1. The lowest BCUT2D eigenvalue weighted by atomic mass is 9.91. The highest BCUT2D eigenvalue weighted by Crippen LogP contribution is 2.31. The summed E-state index contributed by atoms with van der Waals surface area (Å²) in [4.78, 5) is 27.8. The average Bonchev–Trinajstić information content (AvgIpc) is 3.10. The topological polar surface area (TPSA) is 40.6 Å². The van der Waals surface area contributed by atoms with E-state index in [4.69, 9.17) is 0 Å². The average molecular weight is 252 g/mol. The second-order valence-electron chi connectivity index (χ2n) is 6.72. The molecule has 0 unspecified atom stereocenters. The Morgan fingerprint density at radius 1 is 1.00 bits per heavy atom.